The first-order chi connectivity index (χ1) is 24.7. The number of ether oxygens (including phenoxy) is 3. The molecule has 0 aliphatic carbocycles. The molecule has 10 heteroatoms. The van der Waals surface area contributed by atoms with E-state index >= 15 is 0 Å². The average Bonchev–Trinajstić information content (AvgIpc) is 3.13. The molecule has 272 valence electrons. The van der Waals surface area contributed by atoms with E-state index in [9.17, 15) is 14.9 Å². The summed E-state index contributed by atoms with van der Waals surface area (Å²) >= 11 is 0. The molecule has 0 bridgehead atoms. The highest BCUT2D eigenvalue weighted by molar-refractivity contribution is 5.96. The second-order valence-electron chi connectivity index (χ2n) is 14.3. The number of amides is 2. The maximum Gasteiger partial charge on any atom is 0.441 e. The SMILES string of the molecule is COCCCN1C(=O)CCc2ccc(COOC(=O)N3CCC(c4ccc(OCCCCOc5ccccc5C#N)cc4)CC3C(C)(C)C)cc21. The molecule has 2 unspecified atom stereocenters. The van der Waals surface area contributed by atoms with Crippen LogP contribution in [0.5, 0.6) is 11.5 Å². The molecule has 0 N–H and O–H groups in total. The Kier molecular flexibility index (Phi) is 13.3. The van der Waals surface area contributed by atoms with Gasteiger partial charge in [-0.1, -0.05) is 57.2 Å². The van der Waals surface area contributed by atoms with Gasteiger partial charge >= 0.3 is 6.09 Å². The Labute approximate surface area is 302 Å². The van der Waals surface area contributed by atoms with Gasteiger partial charge in [0.05, 0.1) is 18.8 Å². The first-order valence-corrected chi connectivity index (χ1v) is 18.0. The Balaban J connectivity index is 1.08. The van der Waals surface area contributed by atoms with Crippen LogP contribution in [0.25, 0.3) is 0 Å². The van der Waals surface area contributed by atoms with Crippen LogP contribution in [0.4, 0.5) is 10.5 Å². The second-order valence-corrected chi connectivity index (χ2v) is 14.3. The molecule has 2 atom stereocenters. The number of aryl methyl sites for hydroxylation is 1. The van der Waals surface area contributed by atoms with Crippen molar-refractivity contribution in [2.45, 2.75) is 84.3 Å². The molecule has 0 saturated carbocycles. The monoisotopic (exact) mass is 697 g/mol. The van der Waals surface area contributed by atoms with Gasteiger partial charge < -0.3 is 24.0 Å². The Morgan fingerprint density at radius 3 is 2.45 bits per heavy atom. The van der Waals surface area contributed by atoms with Crippen molar-refractivity contribution in [3.05, 3.63) is 89.0 Å². The van der Waals surface area contributed by atoms with Crippen molar-refractivity contribution < 1.29 is 33.6 Å². The fourth-order valence-corrected chi connectivity index (χ4v) is 6.89. The lowest BCUT2D eigenvalue weighted by atomic mass is 9.75. The minimum atomic E-state index is -0.480. The third kappa shape index (κ3) is 10.2. The molecule has 3 aromatic carbocycles. The minimum absolute atomic E-state index is 0.0407. The van der Waals surface area contributed by atoms with Gasteiger partial charge in [0, 0.05) is 45.0 Å². The zero-order chi connectivity index (χ0) is 36.2. The summed E-state index contributed by atoms with van der Waals surface area (Å²) in [7, 11) is 1.66. The van der Waals surface area contributed by atoms with Crippen LogP contribution in [0.2, 0.25) is 0 Å². The zero-order valence-corrected chi connectivity index (χ0v) is 30.4. The Hall–Kier alpha value is -4.59. The van der Waals surface area contributed by atoms with Gasteiger partial charge in [0.1, 0.15) is 24.2 Å². The zero-order valence-electron chi connectivity index (χ0n) is 30.4. The van der Waals surface area contributed by atoms with Crippen molar-refractivity contribution in [3.63, 3.8) is 0 Å². The first kappa shape index (κ1) is 37.7. The van der Waals surface area contributed by atoms with Crippen LogP contribution >= 0.6 is 0 Å². The number of carbonyl (C=O) groups excluding carboxylic acids is 2. The molecule has 2 aliphatic heterocycles. The van der Waals surface area contributed by atoms with Crippen LogP contribution in [0, 0.1) is 16.7 Å². The molecule has 2 aliphatic rings. The van der Waals surface area contributed by atoms with Crippen molar-refractivity contribution in [2.75, 3.05) is 44.9 Å². The van der Waals surface area contributed by atoms with Crippen molar-refractivity contribution in [1.29, 1.82) is 5.26 Å². The van der Waals surface area contributed by atoms with Gasteiger partial charge in [-0.25, -0.2) is 4.79 Å². The summed E-state index contributed by atoms with van der Waals surface area (Å²) in [6.07, 6.45) is 4.77. The molecule has 1 fully saturated rings. The number of likely N-dealkylation sites (tertiary alicyclic amines) is 1. The van der Waals surface area contributed by atoms with Crippen molar-refractivity contribution in [2.24, 2.45) is 5.41 Å². The van der Waals surface area contributed by atoms with Gasteiger partial charge in [-0.3, -0.25) is 9.68 Å². The number of nitriles is 1. The lowest BCUT2D eigenvalue weighted by Crippen LogP contribution is -2.51. The number of nitrogens with zero attached hydrogens (tertiary/aromatic N) is 3. The average molecular weight is 698 g/mol. The van der Waals surface area contributed by atoms with Gasteiger partial charge in [-0.05, 0) is 96.9 Å². The number of carbonyl (C=O) groups is 2. The minimum Gasteiger partial charge on any atom is -0.494 e. The van der Waals surface area contributed by atoms with Crippen LogP contribution in [0.3, 0.4) is 0 Å². The number of piperidine rings is 1. The van der Waals surface area contributed by atoms with Crippen LogP contribution < -0.4 is 14.4 Å². The molecular formula is C41H51N3O7. The number of rotatable bonds is 15. The van der Waals surface area contributed by atoms with E-state index < -0.39 is 6.09 Å². The normalized spacial score (nSPS) is 17.4. The number of unbranched alkanes of at least 4 members (excludes halogenated alkanes) is 1. The molecule has 3 aromatic rings. The Bertz CT molecular complexity index is 1650. The van der Waals surface area contributed by atoms with E-state index in [1.54, 1.807) is 18.1 Å². The molecule has 5 rings (SSSR count). The maximum atomic E-state index is 13.4. The second kappa shape index (κ2) is 18.1. The standard InChI is InChI=1S/C41H51N3O7/c1-41(2,3)38-27-33(31-14-17-35(18-15-31)48-24-7-8-25-49-37-11-6-5-10-34(37)28-42)20-22-44(38)40(46)51-50-29-30-12-13-32-16-19-39(45)43(36(32)26-30)21-9-23-47-4/h5-6,10-15,17-18,26,33,38H,7-9,16,19-25,27,29H2,1-4H3. The van der Waals surface area contributed by atoms with Crippen molar-refractivity contribution in [3.8, 4) is 17.6 Å². The summed E-state index contributed by atoms with van der Waals surface area (Å²) in [6, 6.07) is 23.6. The van der Waals surface area contributed by atoms with Gasteiger partial charge in [-0.2, -0.15) is 10.1 Å². The van der Waals surface area contributed by atoms with E-state index in [4.69, 9.17) is 24.0 Å². The fourth-order valence-electron chi connectivity index (χ4n) is 6.89. The molecule has 51 heavy (non-hydrogen) atoms. The van der Waals surface area contributed by atoms with E-state index in [0.29, 0.717) is 63.0 Å². The maximum absolute atomic E-state index is 13.4. The topological polar surface area (TPSA) is 111 Å². The predicted octanol–water partition coefficient (Wildman–Crippen LogP) is 7.97. The number of fused-ring (bicyclic) bond motifs is 1. The quantitative estimate of drug-likeness (QED) is 0.0894. The van der Waals surface area contributed by atoms with Crippen molar-refractivity contribution in [1.82, 2.24) is 4.90 Å². The Morgan fingerprint density at radius 1 is 0.941 bits per heavy atom. The summed E-state index contributed by atoms with van der Waals surface area (Å²) < 4.78 is 16.9. The predicted molar refractivity (Wildman–Crippen MR) is 195 cm³/mol. The van der Waals surface area contributed by atoms with Gasteiger partial charge in [0.2, 0.25) is 5.91 Å². The molecule has 0 aromatic heterocycles. The largest absolute Gasteiger partial charge is 0.494 e. The highest BCUT2D eigenvalue weighted by Crippen LogP contribution is 2.40. The highest BCUT2D eigenvalue weighted by atomic mass is 17.2. The van der Waals surface area contributed by atoms with E-state index in [1.807, 2.05) is 53.4 Å². The third-order valence-electron chi connectivity index (χ3n) is 9.70. The lowest BCUT2D eigenvalue weighted by molar-refractivity contribution is -0.258. The summed E-state index contributed by atoms with van der Waals surface area (Å²) in [5.74, 6) is 1.85. The van der Waals surface area contributed by atoms with Crippen molar-refractivity contribution >= 4 is 17.7 Å². The molecular weight excluding hydrogens is 646 g/mol. The van der Waals surface area contributed by atoms with E-state index in [2.05, 4.69) is 39.0 Å². The number of methoxy groups -OCH3 is 1. The smallest absolute Gasteiger partial charge is 0.441 e. The first-order valence-electron chi connectivity index (χ1n) is 18.0. The summed E-state index contributed by atoms with van der Waals surface area (Å²) in [5.41, 5.74) is 4.46. The van der Waals surface area contributed by atoms with Crippen LogP contribution in [-0.2, 0) is 32.3 Å². The molecule has 10 nitrogen and oxygen atoms in total. The molecule has 2 heterocycles. The Morgan fingerprint density at radius 2 is 1.71 bits per heavy atom. The molecule has 0 spiro atoms. The number of hydrogen-bond acceptors (Lipinski definition) is 8. The number of para-hydroxylation sites is 1. The van der Waals surface area contributed by atoms with E-state index in [0.717, 1.165) is 54.7 Å². The summed E-state index contributed by atoms with van der Waals surface area (Å²) in [5, 5.41) is 9.20. The van der Waals surface area contributed by atoms with Gasteiger partial charge in [-0.15, -0.1) is 0 Å². The summed E-state index contributed by atoms with van der Waals surface area (Å²) in [4.78, 5) is 40.5. The number of benzene rings is 3. The molecule has 1 saturated heterocycles. The third-order valence-corrected chi connectivity index (χ3v) is 9.70. The van der Waals surface area contributed by atoms with Crippen LogP contribution in [-0.4, -0.2) is 63.0 Å². The lowest BCUT2D eigenvalue weighted by Gasteiger charge is -2.45. The fraction of sp³-hybridized carbons (Fsp3) is 0.488. The number of hydrogen-bond donors (Lipinski definition) is 0. The number of anilines is 1. The van der Waals surface area contributed by atoms with Crippen LogP contribution in [0.15, 0.2) is 66.7 Å². The molecule has 2 amide bonds. The van der Waals surface area contributed by atoms with E-state index in [-0.39, 0.29) is 24.0 Å². The van der Waals surface area contributed by atoms with Crippen LogP contribution in [0.1, 0.15) is 87.5 Å². The van der Waals surface area contributed by atoms with E-state index in [1.165, 1.54) is 5.56 Å². The highest BCUT2D eigenvalue weighted by Gasteiger charge is 2.40. The summed E-state index contributed by atoms with van der Waals surface area (Å²) in [6.45, 7) is 9.40. The van der Waals surface area contributed by atoms with Gasteiger partial charge in [0.15, 0.2) is 0 Å². The molecule has 0 radical (unpaired) electrons. The van der Waals surface area contributed by atoms with Gasteiger partial charge in [0.25, 0.3) is 0 Å².